The summed E-state index contributed by atoms with van der Waals surface area (Å²) in [4.78, 5) is 51.7. The number of carboxylic acid groups (broad SMARTS) is 1. The van der Waals surface area contributed by atoms with Crippen LogP contribution in [-0.2, 0) is 36.9 Å². The lowest BCUT2D eigenvalue weighted by molar-refractivity contribution is -0.150. The Bertz CT molecular complexity index is 1230. The Hall–Kier alpha value is -4.29. The highest BCUT2D eigenvalue weighted by Crippen LogP contribution is 2.27. The molecule has 12 nitrogen and oxygen atoms in total. The van der Waals surface area contributed by atoms with E-state index < -0.39 is 30.0 Å². The van der Waals surface area contributed by atoms with Gasteiger partial charge in [-0.2, -0.15) is 0 Å². The van der Waals surface area contributed by atoms with Gasteiger partial charge in [0.05, 0.1) is 13.0 Å². The average molecular weight is 495 g/mol. The smallest absolute Gasteiger partial charge is 0.323 e. The largest absolute Gasteiger partial charge is 0.480 e. The lowest BCUT2D eigenvalue weighted by atomic mass is 9.97. The van der Waals surface area contributed by atoms with Crippen LogP contribution in [0.4, 0.5) is 11.4 Å². The first kappa shape index (κ1) is 24.8. The summed E-state index contributed by atoms with van der Waals surface area (Å²) in [6.07, 6.45) is -3.21. The fraction of sp³-hybridized carbons (Fsp3) is 0.292. The first-order chi connectivity index (χ1) is 17.1. The second kappa shape index (κ2) is 10.1. The number of nitrogens with two attached hydrogens (primary N) is 1. The maximum Gasteiger partial charge on any atom is 0.323 e. The molecule has 0 radical (unpaired) electrons. The molecule has 2 unspecified atom stereocenters. The summed E-state index contributed by atoms with van der Waals surface area (Å²) in [5.41, 5.74) is 8.18. The molecular formula is C24H25N5O7. The molecule has 0 aliphatic carbocycles. The molecule has 2 aromatic carbocycles. The molecule has 2 aliphatic heterocycles. The number of ether oxygens (including phenoxy) is 1. The summed E-state index contributed by atoms with van der Waals surface area (Å²) in [7, 11) is 0. The maximum absolute atomic E-state index is 13.1. The Balaban J connectivity index is 1.45. The standard InChI is InChI=1S/C24H25N5O7/c25-22(26)13-1-4-16(5-2-13)27-23(34)20(33)21-24(35)29(7-8-36-21)17-6-3-14-11-28(12-19(31)32)18(30)10-15(14)9-17/h1-6,9,20-21,33H,7-8,10-12H2,(H3,25,26)(H,27,34)(H,31,32). The third-order valence-corrected chi connectivity index (χ3v) is 6.02. The topological polar surface area (TPSA) is 186 Å². The van der Waals surface area contributed by atoms with Gasteiger partial charge in [0.1, 0.15) is 12.4 Å². The summed E-state index contributed by atoms with van der Waals surface area (Å²) in [6, 6.07) is 11.2. The lowest BCUT2D eigenvalue weighted by Gasteiger charge is -2.35. The van der Waals surface area contributed by atoms with Gasteiger partial charge in [0.25, 0.3) is 11.8 Å². The van der Waals surface area contributed by atoms with Crippen LogP contribution in [0, 0.1) is 5.41 Å². The van der Waals surface area contributed by atoms with Gasteiger partial charge < -0.3 is 35.8 Å². The van der Waals surface area contributed by atoms with Crippen molar-refractivity contribution in [3.63, 3.8) is 0 Å². The zero-order valence-corrected chi connectivity index (χ0v) is 19.1. The van der Waals surface area contributed by atoms with Gasteiger partial charge in [0.15, 0.2) is 12.2 Å². The number of anilines is 2. The quantitative estimate of drug-likeness (QED) is 0.255. The van der Waals surface area contributed by atoms with Crippen molar-refractivity contribution in [3.05, 3.63) is 59.2 Å². The number of hydrogen-bond acceptors (Lipinski definition) is 7. The van der Waals surface area contributed by atoms with Crippen molar-refractivity contribution >= 4 is 40.9 Å². The number of amidine groups is 1. The molecule has 36 heavy (non-hydrogen) atoms. The van der Waals surface area contributed by atoms with Gasteiger partial charge in [-0.1, -0.05) is 6.07 Å². The van der Waals surface area contributed by atoms with E-state index in [1.54, 1.807) is 18.2 Å². The van der Waals surface area contributed by atoms with Gasteiger partial charge in [-0.3, -0.25) is 24.6 Å². The van der Waals surface area contributed by atoms with E-state index in [1.165, 1.54) is 34.1 Å². The molecule has 2 atom stereocenters. The highest BCUT2D eigenvalue weighted by atomic mass is 16.5. The van der Waals surface area contributed by atoms with E-state index in [4.69, 9.17) is 21.0 Å². The molecule has 188 valence electrons. The molecular weight excluding hydrogens is 470 g/mol. The number of amides is 3. The van der Waals surface area contributed by atoms with Crippen LogP contribution in [0.1, 0.15) is 16.7 Å². The lowest BCUT2D eigenvalue weighted by Crippen LogP contribution is -2.55. The number of rotatable bonds is 7. The predicted octanol–water partition coefficient (Wildman–Crippen LogP) is -0.329. The number of carboxylic acids is 1. The van der Waals surface area contributed by atoms with Gasteiger partial charge in [-0.05, 0) is 47.5 Å². The monoisotopic (exact) mass is 495 g/mol. The van der Waals surface area contributed by atoms with E-state index in [2.05, 4.69) is 5.32 Å². The summed E-state index contributed by atoms with van der Waals surface area (Å²) < 4.78 is 5.43. The van der Waals surface area contributed by atoms with Gasteiger partial charge in [0.2, 0.25) is 5.91 Å². The Labute approximate surface area is 205 Å². The van der Waals surface area contributed by atoms with Crippen LogP contribution in [-0.4, -0.2) is 76.5 Å². The maximum atomic E-state index is 13.1. The number of aliphatic hydroxyl groups excluding tert-OH is 1. The number of aliphatic carboxylic acids is 1. The van der Waals surface area contributed by atoms with E-state index in [0.717, 1.165) is 5.56 Å². The number of hydrogen-bond donors (Lipinski definition) is 5. The number of nitrogens with one attached hydrogen (secondary N) is 2. The van der Waals surface area contributed by atoms with Crippen molar-refractivity contribution in [2.24, 2.45) is 5.73 Å². The molecule has 1 saturated heterocycles. The molecule has 6 N–H and O–H groups in total. The van der Waals surface area contributed by atoms with Crippen molar-refractivity contribution in [3.8, 4) is 0 Å². The molecule has 2 heterocycles. The summed E-state index contributed by atoms with van der Waals surface area (Å²) in [5.74, 6) is -2.98. The van der Waals surface area contributed by atoms with Gasteiger partial charge in [-0.15, -0.1) is 0 Å². The molecule has 0 aromatic heterocycles. The third-order valence-electron chi connectivity index (χ3n) is 6.02. The molecule has 1 fully saturated rings. The molecule has 2 aromatic rings. The average Bonchev–Trinajstić information content (AvgIpc) is 2.84. The van der Waals surface area contributed by atoms with Crippen LogP contribution in [0.15, 0.2) is 42.5 Å². The number of carbonyl (C=O) groups is 4. The Morgan fingerprint density at radius 1 is 1.17 bits per heavy atom. The van der Waals surface area contributed by atoms with Crippen LogP contribution in [0.25, 0.3) is 0 Å². The Morgan fingerprint density at radius 2 is 1.89 bits per heavy atom. The minimum Gasteiger partial charge on any atom is -0.480 e. The van der Waals surface area contributed by atoms with Crippen LogP contribution in [0.3, 0.4) is 0 Å². The van der Waals surface area contributed by atoms with Crippen LogP contribution >= 0.6 is 0 Å². The summed E-state index contributed by atoms with van der Waals surface area (Å²) in [6.45, 7) is 0.0434. The number of fused-ring (bicyclic) bond motifs is 1. The molecule has 0 saturated carbocycles. The minimum atomic E-state index is -1.78. The summed E-state index contributed by atoms with van der Waals surface area (Å²) in [5, 5.41) is 29.5. The molecule has 4 rings (SSSR count). The van der Waals surface area contributed by atoms with Gasteiger partial charge >= 0.3 is 5.97 Å². The van der Waals surface area contributed by atoms with E-state index in [0.29, 0.717) is 22.5 Å². The molecule has 0 spiro atoms. The highest BCUT2D eigenvalue weighted by molar-refractivity contribution is 6.04. The third kappa shape index (κ3) is 5.19. The second-order valence-corrected chi connectivity index (χ2v) is 8.48. The van der Waals surface area contributed by atoms with Crippen LogP contribution in [0.2, 0.25) is 0 Å². The van der Waals surface area contributed by atoms with Crippen LogP contribution < -0.4 is 16.0 Å². The fourth-order valence-corrected chi connectivity index (χ4v) is 4.15. The normalized spacial score (nSPS) is 18.4. The van der Waals surface area contributed by atoms with Gasteiger partial charge in [-0.25, -0.2) is 0 Å². The fourth-order valence-electron chi connectivity index (χ4n) is 4.15. The number of morpholine rings is 1. The SMILES string of the molecule is N=C(N)c1ccc(NC(=O)C(O)C2OCCN(c3ccc4c(c3)CC(=O)N(CC(=O)O)C4)C2=O)cc1. The Kier molecular flexibility index (Phi) is 6.99. The van der Waals surface area contributed by atoms with Crippen molar-refractivity contribution in [1.82, 2.24) is 4.90 Å². The molecule has 2 aliphatic rings. The van der Waals surface area contributed by atoms with Crippen molar-refractivity contribution in [1.29, 1.82) is 5.41 Å². The van der Waals surface area contributed by atoms with Crippen LogP contribution in [0.5, 0.6) is 0 Å². The number of nitrogens with zero attached hydrogens (tertiary/aromatic N) is 2. The minimum absolute atomic E-state index is 0.00582. The first-order valence-electron chi connectivity index (χ1n) is 11.1. The van der Waals surface area contributed by atoms with Gasteiger partial charge in [0, 0.05) is 30.0 Å². The van der Waals surface area contributed by atoms with Crippen molar-refractivity contribution < 1.29 is 34.1 Å². The summed E-state index contributed by atoms with van der Waals surface area (Å²) >= 11 is 0. The zero-order chi connectivity index (χ0) is 26.0. The number of carbonyl (C=O) groups excluding carboxylic acids is 3. The van der Waals surface area contributed by atoms with Crippen molar-refractivity contribution in [2.75, 3.05) is 29.9 Å². The number of benzene rings is 2. The first-order valence-corrected chi connectivity index (χ1v) is 11.1. The van der Waals surface area contributed by atoms with E-state index in [-0.39, 0.29) is 44.4 Å². The second-order valence-electron chi connectivity index (χ2n) is 8.48. The Morgan fingerprint density at radius 3 is 2.56 bits per heavy atom. The van der Waals surface area contributed by atoms with Crippen molar-refractivity contribution in [2.45, 2.75) is 25.2 Å². The predicted molar refractivity (Wildman–Crippen MR) is 127 cm³/mol. The van der Waals surface area contributed by atoms with E-state index in [1.807, 2.05) is 0 Å². The zero-order valence-electron chi connectivity index (χ0n) is 19.1. The molecule has 3 amide bonds. The molecule has 12 heteroatoms. The number of nitrogen functional groups attached to an aromatic ring is 1. The van der Waals surface area contributed by atoms with E-state index >= 15 is 0 Å². The highest BCUT2D eigenvalue weighted by Gasteiger charge is 2.39. The van der Waals surface area contributed by atoms with E-state index in [9.17, 15) is 24.3 Å². The molecule has 0 bridgehead atoms. The number of aliphatic hydroxyl groups is 1.